The van der Waals surface area contributed by atoms with Crippen molar-refractivity contribution in [2.24, 2.45) is 10.8 Å². The van der Waals surface area contributed by atoms with Crippen molar-refractivity contribution in [3.8, 4) is 0 Å². The van der Waals surface area contributed by atoms with E-state index in [-0.39, 0.29) is 37.2 Å². The minimum Gasteiger partial charge on any atom is -0.467 e. The van der Waals surface area contributed by atoms with Crippen LogP contribution >= 0.6 is 23.5 Å². The molecule has 320 valence electrons. The van der Waals surface area contributed by atoms with Gasteiger partial charge in [0.1, 0.15) is 12.1 Å². The zero-order valence-electron chi connectivity index (χ0n) is 34.8. The second-order valence-electron chi connectivity index (χ2n) is 14.8. The number of ketones is 2. The fourth-order valence-electron chi connectivity index (χ4n) is 5.67. The fourth-order valence-corrected chi connectivity index (χ4v) is 6.61. The quantitative estimate of drug-likeness (QED) is 0.0795. The number of thioether (sulfide) groups is 2. The molecule has 16 heteroatoms. The molecule has 0 spiro atoms. The Morgan fingerprint density at radius 2 is 0.914 bits per heavy atom. The minimum atomic E-state index is -1.05. The molecule has 4 N–H and O–H groups in total. The predicted molar refractivity (Wildman–Crippen MR) is 227 cm³/mol. The van der Waals surface area contributed by atoms with Crippen molar-refractivity contribution < 1.29 is 47.8 Å². The number of Topliss-reactive ketones (excluding diaryl/α,β-unsaturated/α-hetero) is 2. The third-order valence-electron chi connectivity index (χ3n) is 9.15. The van der Waals surface area contributed by atoms with Gasteiger partial charge in [-0.1, -0.05) is 88.4 Å². The molecule has 4 amide bonds. The summed E-state index contributed by atoms with van der Waals surface area (Å²) in [5.41, 5.74) is -0.349. The molecule has 0 heterocycles. The molecule has 2 aromatic carbocycles. The molecule has 2 rings (SSSR count). The Morgan fingerprint density at radius 1 is 0.586 bits per heavy atom. The van der Waals surface area contributed by atoms with Crippen LogP contribution < -0.4 is 21.3 Å². The van der Waals surface area contributed by atoms with Crippen molar-refractivity contribution in [1.29, 1.82) is 0 Å². The third-order valence-corrected chi connectivity index (χ3v) is 10.4. The van der Waals surface area contributed by atoms with E-state index in [0.29, 0.717) is 37.2 Å². The summed E-state index contributed by atoms with van der Waals surface area (Å²) in [6, 6.07) is 15.6. The number of nitrogens with one attached hydrogen (secondary N) is 4. The number of esters is 2. The van der Waals surface area contributed by atoms with Gasteiger partial charge in [-0.3, -0.25) is 28.8 Å². The van der Waals surface area contributed by atoms with Gasteiger partial charge in [-0.15, -0.1) is 0 Å². The Labute approximate surface area is 350 Å². The van der Waals surface area contributed by atoms with Gasteiger partial charge in [0, 0.05) is 25.7 Å². The smallest absolute Gasteiger partial charge is 0.328 e. The lowest BCUT2D eigenvalue weighted by Crippen LogP contribution is -2.49. The molecule has 0 bridgehead atoms. The van der Waals surface area contributed by atoms with Gasteiger partial charge >= 0.3 is 11.9 Å². The van der Waals surface area contributed by atoms with Crippen molar-refractivity contribution in [2.75, 3.05) is 38.2 Å². The largest absolute Gasteiger partial charge is 0.467 e. The summed E-state index contributed by atoms with van der Waals surface area (Å²) >= 11 is 3.15. The van der Waals surface area contributed by atoms with Crippen LogP contribution in [0.5, 0.6) is 0 Å². The molecule has 0 aliphatic carbocycles. The normalized spacial score (nSPS) is 13.1. The molecule has 0 aliphatic heterocycles. The topological polar surface area (TPSA) is 203 Å². The van der Waals surface area contributed by atoms with E-state index < -0.39 is 58.8 Å². The van der Waals surface area contributed by atoms with Crippen LogP contribution in [-0.4, -0.2) is 111 Å². The zero-order chi connectivity index (χ0) is 43.7. The van der Waals surface area contributed by atoms with Gasteiger partial charge < -0.3 is 30.7 Å². The Morgan fingerprint density at radius 3 is 1.19 bits per heavy atom. The number of carbonyl (C=O) groups excluding carboxylic acids is 8. The fraction of sp³-hybridized carbons (Fsp3) is 0.524. The summed E-state index contributed by atoms with van der Waals surface area (Å²) < 4.78 is 9.64. The van der Waals surface area contributed by atoms with E-state index in [1.807, 2.05) is 73.2 Å². The van der Waals surface area contributed by atoms with Crippen molar-refractivity contribution in [3.63, 3.8) is 0 Å². The molecule has 58 heavy (non-hydrogen) atoms. The van der Waals surface area contributed by atoms with Crippen LogP contribution in [-0.2, 0) is 60.7 Å². The monoisotopic (exact) mass is 844 g/mol. The lowest BCUT2D eigenvalue weighted by molar-refractivity contribution is -0.147. The summed E-state index contributed by atoms with van der Waals surface area (Å²) in [5.74, 6) is -0.960. The van der Waals surface area contributed by atoms with Gasteiger partial charge in [0.15, 0.2) is 11.6 Å². The van der Waals surface area contributed by atoms with Gasteiger partial charge in [0.2, 0.25) is 24.6 Å². The number of carbonyl (C=O) groups is 8. The van der Waals surface area contributed by atoms with Gasteiger partial charge in [-0.2, -0.15) is 23.5 Å². The second kappa shape index (κ2) is 27.1. The number of rotatable bonds is 26. The Hall–Kier alpha value is -4.70. The summed E-state index contributed by atoms with van der Waals surface area (Å²) in [4.78, 5) is 96.9. The summed E-state index contributed by atoms with van der Waals surface area (Å²) in [5, 5.41) is 10.5. The summed E-state index contributed by atoms with van der Waals surface area (Å²) in [6.07, 6.45) is 6.28. The molecular formula is C42H60N4O10S2. The summed E-state index contributed by atoms with van der Waals surface area (Å²) in [6.45, 7) is 6.57. The van der Waals surface area contributed by atoms with E-state index in [0.717, 1.165) is 11.1 Å². The van der Waals surface area contributed by atoms with Crippen LogP contribution in [0.25, 0.3) is 0 Å². The lowest BCUT2D eigenvalue weighted by Gasteiger charge is -2.27. The first-order valence-electron chi connectivity index (χ1n) is 18.8. The molecule has 0 aromatic heterocycles. The highest BCUT2D eigenvalue weighted by Gasteiger charge is 2.37. The predicted octanol–water partition coefficient (Wildman–Crippen LogP) is 3.48. The maximum absolute atomic E-state index is 12.9. The van der Waals surface area contributed by atoms with E-state index in [1.165, 1.54) is 14.2 Å². The summed E-state index contributed by atoms with van der Waals surface area (Å²) in [7, 11) is 2.53. The highest BCUT2D eigenvalue weighted by atomic mass is 32.2. The molecule has 0 saturated carbocycles. The van der Waals surface area contributed by atoms with E-state index in [2.05, 4.69) is 21.3 Å². The van der Waals surface area contributed by atoms with Crippen molar-refractivity contribution >= 4 is 71.7 Å². The van der Waals surface area contributed by atoms with Gasteiger partial charge in [0.25, 0.3) is 0 Å². The lowest BCUT2D eigenvalue weighted by atomic mass is 9.83. The number of amides is 4. The SMILES string of the molecule is COC(=O)[C@H](Cc1ccccc1)NC(=O)C(C)(C)CC(=O)[C@H](CCSC)NC=O.COC(=O)[C@H](Cc1ccccc1)NC(=O)C(C)(C)CC(=O)[C@H](CCSC)NC=O. The van der Waals surface area contributed by atoms with Gasteiger partial charge in [-0.25, -0.2) is 9.59 Å². The third kappa shape index (κ3) is 18.7. The average Bonchev–Trinajstić information content (AvgIpc) is 3.20. The molecule has 0 saturated heterocycles. The highest BCUT2D eigenvalue weighted by molar-refractivity contribution is 7.98. The van der Waals surface area contributed by atoms with Crippen LogP contribution in [0.4, 0.5) is 0 Å². The minimum absolute atomic E-state index is 0.0576. The Balaban J connectivity index is 0.000000580. The second-order valence-corrected chi connectivity index (χ2v) is 16.7. The molecule has 0 radical (unpaired) electrons. The molecular weight excluding hydrogens is 785 g/mol. The zero-order valence-corrected chi connectivity index (χ0v) is 36.4. The number of ether oxygens (including phenoxy) is 2. The first-order valence-corrected chi connectivity index (χ1v) is 21.6. The first-order chi connectivity index (χ1) is 27.5. The maximum atomic E-state index is 12.9. The number of benzene rings is 2. The Kier molecular flexibility index (Phi) is 24.0. The van der Waals surface area contributed by atoms with Crippen LogP contribution in [0.2, 0.25) is 0 Å². The van der Waals surface area contributed by atoms with E-state index in [9.17, 15) is 38.4 Å². The number of hydrogen-bond acceptors (Lipinski definition) is 12. The maximum Gasteiger partial charge on any atom is 0.328 e. The van der Waals surface area contributed by atoms with E-state index in [4.69, 9.17) is 9.47 Å². The van der Waals surface area contributed by atoms with E-state index in [1.54, 1.807) is 51.2 Å². The van der Waals surface area contributed by atoms with Crippen LogP contribution in [0, 0.1) is 10.8 Å². The molecule has 0 unspecified atom stereocenters. The molecule has 2 aromatic rings. The molecule has 0 aliphatic rings. The number of methoxy groups -OCH3 is 2. The number of hydrogen-bond donors (Lipinski definition) is 4. The van der Waals surface area contributed by atoms with Crippen molar-refractivity contribution in [2.45, 2.75) is 90.4 Å². The average molecular weight is 845 g/mol. The Bertz CT molecular complexity index is 1510. The van der Waals surface area contributed by atoms with Crippen molar-refractivity contribution in [3.05, 3.63) is 71.8 Å². The first kappa shape index (κ1) is 51.3. The standard InChI is InChI=1S/2C21H30N2O5S/c2*1-21(2,13-18(25)16(22-14-24)10-11-29-4)20(27)23-17(19(26)28-3)12-15-8-6-5-7-9-15/h2*5-9,14,16-17H,10-13H2,1-4H3,(H,22,24)(H,23,27)/t2*16-,17-/m00/s1. The van der Waals surface area contributed by atoms with Crippen molar-refractivity contribution in [1.82, 2.24) is 21.3 Å². The highest BCUT2D eigenvalue weighted by Crippen LogP contribution is 2.25. The van der Waals surface area contributed by atoms with Crippen LogP contribution in [0.3, 0.4) is 0 Å². The molecule has 4 atom stereocenters. The van der Waals surface area contributed by atoms with E-state index >= 15 is 0 Å². The van der Waals surface area contributed by atoms with Crippen LogP contribution in [0.15, 0.2) is 60.7 Å². The molecule has 0 fully saturated rings. The molecule has 14 nitrogen and oxygen atoms in total. The van der Waals surface area contributed by atoms with Gasteiger partial charge in [-0.05, 0) is 48.0 Å². The van der Waals surface area contributed by atoms with Gasteiger partial charge in [0.05, 0.1) is 37.1 Å². The van der Waals surface area contributed by atoms with Crippen LogP contribution in [0.1, 0.15) is 64.5 Å².